The summed E-state index contributed by atoms with van der Waals surface area (Å²) in [5, 5.41) is 7.59. The molecule has 0 spiro atoms. The Kier molecular flexibility index (Phi) is 5.28. The fourth-order valence-corrected chi connectivity index (χ4v) is 7.81. The van der Waals surface area contributed by atoms with Gasteiger partial charge in [0, 0.05) is 50.3 Å². The first kappa shape index (κ1) is 26.2. The molecule has 5 nitrogen and oxygen atoms in total. The molecule has 1 aliphatic rings. The topological polar surface area (TPSA) is 55.1 Å². The van der Waals surface area contributed by atoms with Gasteiger partial charge in [-0.05, 0) is 46.2 Å². The van der Waals surface area contributed by atoms with Crippen LogP contribution in [0.3, 0.4) is 0 Å². The van der Waals surface area contributed by atoms with Crippen LogP contribution in [-0.4, -0.2) is 15.0 Å². The lowest BCUT2D eigenvalue weighted by molar-refractivity contribution is 0.628. The SMILES string of the molecule is CC1(C)c2ccccc2N(c2nc(-c3ccccc3)c3ccc4ccccc4c3n2)c2c1c1ccncc1c1c2oc2ccccc21. The normalized spacial score (nSPS) is 13.9. The van der Waals surface area contributed by atoms with Crippen LogP contribution in [0.4, 0.5) is 17.3 Å². The predicted molar refractivity (Wildman–Crippen MR) is 192 cm³/mol. The van der Waals surface area contributed by atoms with Crippen molar-refractivity contribution in [2.45, 2.75) is 19.3 Å². The number of nitrogens with zero attached hydrogens (tertiary/aromatic N) is 4. The van der Waals surface area contributed by atoms with Gasteiger partial charge in [-0.25, -0.2) is 9.97 Å². The minimum atomic E-state index is -0.360. The molecule has 0 fully saturated rings. The summed E-state index contributed by atoms with van der Waals surface area (Å²) in [5.74, 6) is 0.604. The number of hydrogen-bond acceptors (Lipinski definition) is 5. The number of aromatic nitrogens is 3. The van der Waals surface area contributed by atoms with E-state index in [0.29, 0.717) is 5.95 Å². The molecule has 6 aromatic carbocycles. The van der Waals surface area contributed by atoms with Crippen LogP contribution in [0.1, 0.15) is 25.0 Å². The Morgan fingerprint density at radius 3 is 2.30 bits per heavy atom. The van der Waals surface area contributed by atoms with E-state index in [0.717, 1.165) is 77.0 Å². The van der Waals surface area contributed by atoms with E-state index < -0.39 is 0 Å². The maximum Gasteiger partial charge on any atom is 0.235 e. The molecule has 0 amide bonds. The highest BCUT2D eigenvalue weighted by molar-refractivity contribution is 6.25. The van der Waals surface area contributed by atoms with E-state index >= 15 is 0 Å². The number of hydrogen-bond donors (Lipinski definition) is 0. The molecular formula is C42H28N4O. The average molecular weight is 605 g/mol. The zero-order valence-corrected chi connectivity index (χ0v) is 25.9. The van der Waals surface area contributed by atoms with Crippen LogP contribution in [0.2, 0.25) is 0 Å². The van der Waals surface area contributed by atoms with E-state index in [1.807, 2.05) is 30.6 Å². The number of pyridine rings is 1. The van der Waals surface area contributed by atoms with Crippen molar-refractivity contribution in [2.24, 2.45) is 0 Å². The summed E-state index contributed by atoms with van der Waals surface area (Å²) in [7, 11) is 0. The fourth-order valence-electron chi connectivity index (χ4n) is 7.81. The van der Waals surface area contributed by atoms with Gasteiger partial charge in [-0.2, -0.15) is 0 Å². The van der Waals surface area contributed by atoms with Crippen molar-refractivity contribution < 1.29 is 4.42 Å². The molecule has 10 rings (SSSR count). The molecule has 0 N–H and O–H groups in total. The van der Waals surface area contributed by atoms with Gasteiger partial charge in [0.2, 0.25) is 5.95 Å². The van der Waals surface area contributed by atoms with Crippen LogP contribution in [0.5, 0.6) is 0 Å². The van der Waals surface area contributed by atoms with Crippen LogP contribution >= 0.6 is 0 Å². The zero-order valence-electron chi connectivity index (χ0n) is 25.9. The van der Waals surface area contributed by atoms with Crippen LogP contribution in [0.25, 0.3) is 65.6 Å². The lowest BCUT2D eigenvalue weighted by Gasteiger charge is -2.41. The summed E-state index contributed by atoms with van der Waals surface area (Å²) >= 11 is 0. The van der Waals surface area contributed by atoms with Gasteiger partial charge in [-0.1, -0.05) is 111 Å². The fraction of sp³-hybridized carbons (Fsp3) is 0.0714. The Morgan fingerprint density at radius 2 is 1.40 bits per heavy atom. The monoisotopic (exact) mass is 604 g/mol. The van der Waals surface area contributed by atoms with Crippen molar-refractivity contribution in [2.75, 3.05) is 4.90 Å². The molecular weight excluding hydrogens is 576 g/mol. The van der Waals surface area contributed by atoms with E-state index in [2.05, 4.69) is 127 Å². The van der Waals surface area contributed by atoms with Crippen molar-refractivity contribution in [1.82, 2.24) is 15.0 Å². The predicted octanol–water partition coefficient (Wildman–Crippen LogP) is 11.0. The van der Waals surface area contributed by atoms with Gasteiger partial charge in [0.05, 0.1) is 22.6 Å². The van der Waals surface area contributed by atoms with Gasteiger partial charge in [0.1, 0.15) is 5.58 Å². The lowest BCUT2D eigenvalue weighted by atomic mass is 9.71. The van der Waals surface area contributed by atoms with Crippen LogP contribution in [0.15, 0.2) is 138 Å². The van der Waals surface area contributed by atoms with Crippen molar-refractivity contribution in [3.05, 3.63) is 145 Å². The molecule has 5 heteroatoms. The van der Waals surface area contributed by atoms with Gasteiger partial charge < -0.3 is 4.42 Å². The summed E-state index contributed by atoms with van der Waals surface area (Å²) < 4.78 is 6.87. The summed E-state index contributed by atoms with van der Waals surface area (Å²) in [5.41, 5.74) is 8.53. The largest absolute Gasteiger partial charge is 0.454 e. The summed E-state index contributed by atoms with van der Waals surface area (Å²) in [6.45, 7) is 4.61. The minimum absolute atomic E-state index is 0.360. The van der Waals surface area contributed by atoms with Crippen LogP contribution in [-0.2, 0) is 5.41 Å². The Balaban J connectivity index is 1.42. The number of benzene rings is 6. The molecule has 0 saturated carbocycles. The third kappa shape index (κ3) is 3.57. The Hall–Kier alpha value is -6.07. The quantitative estimate of drug-likeness (QED) is 0.184. The molecule has 3 aromatic heterocycles. The molecule has 222 valence electrons. The van der Waals surface area contributed by atoms with Crippen LogP contribution in [0, 0.1) is 0 Å². The van der Waals surface area contributed by atoms with Gasteiger partial charge in [-0.15, -0.1) is 0 Å². The smallest absolute Gasteiger partial charge is 0.235 e. The van der Waals surface area contributed by atoms with Gasteiger partial charge >= 0.3 is 0 Å². The second-order valence-electron chi connectivity index (χ2n) is 12.8. The highest BCUT2D eigenvalue weighted by atomic mass is 16.3. The van der Waals surface area contributed by atoms with Crippen LogP contribution < -0.4 is 4.90 Å². The van der Waals surface area contributed by atoms with Crippen molar-refractivity contribution >= 4 is 71.7 Å². The second-order valence-corrected chi connectivity index (χ2v) is 12.8. The first-order chi connectivity index (χ1) is 23.1. The zero-order chi connectivity index (χ0) is 31.3. The highest BCUT2D eigenvalue weighted by Gasteiger charge is 2.42. The summed E-state index contributed by atoms with van der Waals surface area (Å²) in [6.07, 6.45) is 3.87. The summed E-state index contributed by atoms with van der Waals surface area (Å²) in [4.78, 5) is 17.7. The van der Waals surface area contributed by atoms with Crippen molar-refractivity contribution in [1.29, 1.82) is 0 Å². The molecule has 0 saturated heterocycles. The standard InChI is InChI=1S/C42H28N4O/c1-42(2)32-17-9-10-18-33(32)46(39-36(42)28-22-23-43-24-31(28)35-29-16-8-11-19-34(29)47-40(35)39)41-44-37(26-13-4-3-5-14-26)30-21-20-25-12-6-7-15-27(25)38(30)45-41/h3-24H,1-2H3. The molecule has 0 bridgehead atoms. The molecule has 0 atom stereocenters. The molecule has 0 aliphatic carbocycles. The van der Waals surface area contributed by atoms with E-state index in [1.165, 1.54) is 11.1 Å². The lowest BCUT2D eigenvalue weighted by Crippen LogP contribution is -2.32. The maximum atomic E-state index is 6.87. The first-order valence-corrected chi connectivity index (χ1v) is 16.0. The molecule has 47 heavy (non-hydrogen) atoms. The number of fused-ring (bicyclic) bond motifs is 12. The molecule has 0 radical (unpaired) electrons. The Labute approximate surface area is 270 Å². The molecule has 9 aromatic rings. The van der Waals surface area contributed by atoms with Crippen molar-refractivity contribution in [3.63, 3.8) is 0 Å². The third-order valence-corrected chi connectivity index (χ3v) is 9.90. The maximum absolute atomic E-state index is 6.87. The first-order valence-electron chi connectivity index (χ1n) is 16.0. The summed E-state index contributed by atoms with van der Waals surface area (Å²) in [6, 6.07) is 42.3. The molecule has 1 aliphatic heterocycles. The minimum Gasteiger partial charge on any atom is -0.454 e. The number of anilines is 3. The van der Waals surface area contributed by atoms with E-state index in [1.54, 1.807) is 0 Å². The molecule has 4 heterocycles. The number of furan rings is 1. The van der Waals surface area contributed by atoms with Gasteiger partial charge in [0.15, 0.2) is 5.58 Å². The van der Waals surface area contributed by atoms with Gasteiger partial charge in [-0.3, -0.25) is 9.88 Å². The number of rotatable bonds is 2. The van der Waals surface area contributed by atoms with E-state index in [9.17, 15) is 0 Å². The Bertz CT molecular complexity index is 2730. The van der Waals surface area contributed by atoms with E-state index in [4.69, 9.17) is 14.4 Å². The highest BCUT2D eigenvalue weighted by Crippen LogP contribution is 2.57. The Morgan fingerprint density at radius 1 is 0.638 bits per heavy atom. The van der Waals surface area contributed by atoms with Crippen molar-refractivity contribution in [3.8, 4) is 11.3 Å². The van der Waals surface area contributed by atoms with Gasteiger partial charge in [0.25, 0.3) is 0 Å². The average Bonchev–Trinajstić information content (AvgIpc) is 3.52. The second kappa shape index (κ2) is 9.47. The molecule has 0 unspecified atom stereocenters. The van der Waals surface area contributed by atoms with E-state index in [-0.39, 0.29) is 5.41 Å². The number of para-hydroxylation sites is 2. The third-order valence-electron chi connectivity index (χ3n) is 9.90.